The summed E-state index contributed by atoms with van der Waals surface area (Å²) in [6.07, 6.45) is 26.1. The van der Waals surface area contributed by atoms with Crippen molar-refractivity contribution in [2.45, 2.75) is 81.0 Å². The summed E-state index contributed by atoms with van der Waals surface area (Å²) in [7, 11) is 0. The minimum atomic E-state index is 0.911. The van der Waals surface area contributed by atoms with Gasteiger partial charge in [0.15, 0.2) is 0 Å². The Hall–Kier alpha value is 0.210. The van der Waals surface area contributed by atoms with Crippen LogP contribution in [0.3, 0.4) is 0 Å². The Balaban J connectivity index is 1.29. The Kier molecular flexibility index (Phi) is 5.07. The summed E-state index contributed by atoms with van der Waals surface area (Å²) < 4.78 is 0.976. The van der Waals surface area contributed by atoms with Gasteiger partial charge in [0.25, 0.3) is 0 Å². The molecule has 0 aromatic rings. The van der Waals surface area contributed by atoms with Crippen LogP contribution in [0.1, 0.15) is 77.0 Å². The third-order valence-electron chi connectivity index (χ3n) is 8.77. The lowest BCUT2D eigenvalue weighted by molar-refractivity contribution is 0.103. The number of hydrogen-bond donors (Lipinski definition) is 0. The summed E-state index contributed by atoms with van der Waals surface area (Å²) in [6.45, 7) is 0. The summed E-state index contributed by atoms with van der Waals surface area (Å²) in [5.74, 6) is 6.93. The van der Waals surface area contributed by atoms with Crippen molar-refractivity contribution in [3.05, 3.63) is 23.8 Å². The van der Waals surface area contributed by atoms with Gasteiger partial charge in [0, 0.05) is 3.92 Å². The lowest BCUT2D eigenvalue weighted by Gasteiger charge is -2.46. The molecule has 0 aromatic heterocycles. The molecule has 3 saturated carbocycles. The van der Waals surface area contributed by atoms with Gasteiger partial charge in [0.2, 0.25) is 0 Å². The normalized spacial score (nSPS) is 49.6. The summed E-state index contributed by atoms with van der Waals surface area (Å²) in [4.78, 5) is 0. The van der Waals surface area contributed by atoms with Gasteiger partial charge in [0.1, 0.15) is 0 Å². The van der Waals surface area contributed by atoms with Crippen LogP contribution in [0.4, 0.5) is 0 Å². The molecule has 5 aliphatic rings. The van der Waals surface area contributed by atoms with Crippen molar-refractivity contribution >= 4 is 22.6 Å². The highest BCUT2D eigenvalue weighted by Crippen LogP contribution is 2.51. The first-order valence-corrected chi connectivity index (χ1v) is 12.6. The van der Waals surface area contributed by atoms with Crippen LogP contribution in [0, 0.1) is 41.4 Å². The van der Waals surface area contributed by atoms with Gasteiger partial charge in [0.05, 0.1) is 0 Å². The second-order valence-corrected chi connectivity index (χ2v) is 11.8. The van der Waals surface area contributed by atoms with Crippen molar-refractivity contribution in [1.82, 2.24) is 0 Å². The molecule has 25 heavy (non-hydrogen) atoms. The van der Waals surface area contributed by atoms with E-state index in [2.05, 4.69) is 40.8 Å². The molecular formula is C24H35I. The summed E-state index contributed by atoms with van der Waals surface area (Å²) in [5.41, 5.74) is 1.76. The minimum Gasteiger partial charge on any atom is -0.0826 e. The molecule has 3 fully saturated rings. The topological polar surface area (TPSA) is 0 Å². The van der Waals surface area contributed by atoms with Gasteiger partial charge in [-0.15, -0.1) is 0 Å². The lowest BCUT2D eigenvalue weighted by Crippen LogP contribution is -2.36. The molecule has 5 aliphatic carbocycles. The Morgan fingerprint density at radius 3 is 2.48 bits per heavy atom. The maximum absolute atomic E-state index is 2.78. The van der Waals surface area contributed by atoms with E-state index in [-0.39, 0.29) is 0 Å². The highest BCUT2D eigenvalue weighted by atomic mass is 127. The van der Waals surface area contributed by atoms with Crippen LogP contribution in [-0.2, 0) is 0 Å². The predicted molar refractivity (Wildman–Crippen MR) is 115 cm³/mol. The number of allylic oxidation sites excluding steroid dienone is 4. The number of halogens is 1. The second-order valence-electron chi connectivity index (χ2n) is 9.99. The Labute approximate surface area is 168 Å². The molecule has 0 nitrogen and oxygen atoms in total. The van der Waals surface area contributed by atoms with Crippen LogP contribution >= 0.6 is 22.6 Å². The van der Waals surface area contributed by atoms with E-state index in [1.165, 1.54) is 64.2 Å². The van der Waals surface area contributed by atoms with Gasteiger partial charge < -0.3 is 0 Å². The number of hydrogen-bond acceptors (Lipinski definition) is 0. The van der Waals surface area contributed by atoms with Crippen molar-refractivity contribution in [1.29, 1.82) is 0 Å². The molecule has 0 heterocycles. The van der Waals surface area contributed by atoms with Gasteiger partial charge in [-0.3, -0.25) is 0 Å². The van der Waals surface area contributed by atoms with E-state index in [4.69, 9.17) is 0 Å². The van der Waals surface area contributed by atoms with E-state index < -0.39 is 0 Å². The molecule has 5 rings (SSSR count). The third kappa shape index (κ3) is 3.41. The Bertz CT molecular complexity index is 546. The molecule has 0 bridgehead atoms. The molecule has 1 heteroatoms. The van der Waals surface area contributed by atoms with Gasteiger partial charge in [-0.1, -0.05) is 53.7 Å². The number of rotatable bonds is 1. The van der Waals surface area contributed by atoms with Crippen LogP contribution in [0.25, 0.3) is 0 Å². The molecule has 8 atom stereocenters. The molecule has 0 spiro atoms. The van der Waals surface area contributed by atoms with E-state index in [1.807, 2.05) is 0 Å². The molecule has 138 valence electrons. The summed E-state index contributed by atoms with van der Waals surface area (Å²) in [6, 6.07) is 0. The van der Waals surface area contributed by atoms with Crippen LogP contribution in [-0.4, -0.2) is 3.92 Å². The molecule has 0 aromatic carbocycles. The fourth-order valence-electron chi connectivity index (χ4n) is 7.42. The fraction of sp³-hybridized carbons (Fsp3) is 0.833. The first-order valence-electron chi connectivity index (χ1n) is 11.3. The first-order chi connectivity index (χ1) is 12.3. The van der Waals surface area contributed by atoms with Crippen molar-refractivity contribution in [2.24, 2.45) is 41.4 Å². The second kappa shape index (κ2) is 7.32. The third-order valence-corrected chi connectivity index (χ3v) is 9.90. The fourth-order valence-corrected chi connectivity index (χ4v) is 8.44. The predicted octanol–water partition coefficient (Wildman–Crippen LogP) is 7.34. The van der Waals surface area contributed by atoms with Crippen LogP contribution in [0.5, 0.6) is 0 Å². The smallest absolute Gasteiger partial charge is 0.0112 e. The van der Waals surface area contributed by atoms with Crippen LogP contribution < -0.4 is 0 Å². The average molecular weight is 450 g/mol. The maximum atomic E-state index is 2.78. The Morgan fingerprint density at radius 2 is 1.52 bits per heavy atom. The van der Waals surface area contributed by atoms with Crippen molar-refractivity contribution in [3.63, 3.8) is 0 Å². The number of fused-ring (bicyclic) bond motifs is 4. The monoisotopic (exact) mass is 450 g/mol. The summed E-state index contributed by atoms with van der Waals surface area (Å²) in [5, 5.41) is 0. The minimum absolute atomic E-state index is 0.911. The van der Waals surface area contributed by atoms with Gasteiger partial charge >= 0.3 is 0 Å². The highest BCUT2D eigenvalue weighted by Gasteiger charge is 2.40. The standard InChI is InChI=1S/C24H35I/c25-22-11-9-18-13-17(6-7-20(18)15-22)19-10-12-24-21(14-19)8-5-16-3-1-2-4-23(16)24/h5,8,14,16-20,22-24H,1-4,6-7,9-13,15H2/t16-,17?,18+,19?,20?,22?,23?,24?/m1/s1. The van der Waals surface area contributed by atoms with Crippen molar-refractivity contribution < 1.29 is 0 Å². The largest absolute Gasteiger partial charge is 0.0826 e. The molecule has 0 aliphatic heterocycles. The highest BCUT2D eigenvalue weighted by molar-refractivity contribution is 14.1. The summed E-state index contributed by atoms with van der Waals surface area (Å²) >= 11 is 2.71. The van der Waals surface area contributed by atoms with Crippen LogP contribution in [0.2, 0.25) is 0 Å². The quantitative estimate of drug-likeness (QED) is 0.290. The van der Waals surface area contributed by atoms with E-state index in [0.29, 0.717) is 0 Å². The Morgan fingerprint density at radius 1 is 0.720 bits per heavy atom. The van der Waals surface area contributed by atoms with Crippen molar-refractivity contribution in [2.75, 3.05) is 0 Å². The lowest BCUT2D eigenvalue weighted by atomic mass is 9.59. The van der Waals surface area contributed by atoms with E-state index in [1.54, 1.807) is 18.4 Å². The molecule has 0 amide bonds. The molecule has 0 saturated heterocycles. The van der Waals surface area contributed by atoms with E-state index in [0.717, 1.165) is 45.3 Å². The zero-order valence-electron chi connectivity index (χ0n) is 15.7. The SMILES string of the molecule is IC1CC[C@H]2CC(C3C=C4C=C[C@H]5CCCCC5C4CC3)CCC2C1. The van der Waals surface area contributed by atoms with Gasteiger partial charge in [-0.25, -0.2) is 0 Å². The first kappa shape index (κ1) is 17.3. The zero-order valence-corrected chi connectivity index (χ0v) is 17.9. The van der Waals surface area contributed by atoms with E-state index >= 15 is 0 Å². The molecule has 6 unspecified atom stereocenters. The van der Waals surface area contributed by atoms with E-state index in [9.17, 15) is 0 Å². The number of alkyl halides is 1. The molecular weight excluding hydrogens is 415 g/mol. The van der Waals surface area contributed by atoms with Crippen molar-refractivity contribution in [3.8, 4) is 0 Å². The van der Waals surface area contributed by atoms with Gasteiger partial charge in [-0.2, -0.15) is 0 Å². The maximum Gasteiger partial charge on any atom is 0.0112 e. The van der Waals surface area contributed by atoms with Crippen LogP contribution in [0.15, 0.2) is 23.8 Å². The van der Waals surface area contributed by atoms with Gasteiger partial charge in [-0.05, 0) is 111 Å². The average Bonchev–Trinajstić information content (AvgIpc) is 2.67. The molecule has 0 N–H and O–H groups in total. The molecule has 0 radical (unpaired) electrons. The zero-order chi connectivity index (χ0) is 16.8.